The fourth-order valence-electron chi connectivity index (χ4n) is 8.14. The molecular formula is C38H50N12Na4O20S4+2. The number of aliphatic hydroxyl groups excluding tert-OH is 6. The zero-order chi connectivity index (χ0) is 54.7. The van der Waals surface area contributed by atoms with Crippen LogP contribution in [0.25, 0.3) is 12.2 Å². The number of hydrogen-bond acceptors (Lipinski definition) is 30. The quantitative estimate of drug-likeness (QED) is 0.00826. The number of anilines is 6. The normalized spacial score (nSPS) is 19.3. The zero-order valence-electron chi connectivity index (χ0n) is 42.4. The first-order valence-corrected chi connectivity index (χ1v) is 27.6. The van der Waals surface area contributed by atoms with Gasteiger partial charge in [-0.15, -0.1) is 19.9 Å². The van der Waals surface area contributed by atoms with Crippen molar-refractivity contribution < 1.29 is 211 Å². The molecule has 2 aliphatic rings. The summed E-state index contributed by atoms with van der Waals surface area (Å²) >= 11 is 0. The topological polar surface area (TPSA) is 516 Å². The van der Waals surface area contributed by atoms with Gasteiger partial charge >= 0.3 is 130 Å². The van der Waals surface area contributed by atoms with Gasteiger partial charge in [0.1, 0.15) is 46.4 Å². The Labute approximate surface area is 535 Å². The first-order valence-electron chi connectivity index (χ1n) is 21.6. The maximum absolute atomic E-state index is 12.7. The van der Waals surface area contributed by atoms with Gasteiger partial charge in [-0.1, -0.05) is 24.3 Å². The number of aliphatic hydroxyl groups is 8. The summed E-state index contributed by atoms with van der Waals surface area (Å²) in [6.07, 6.45) is 1.99. The summed E-state index contributed by atoms with van der Waals surface area (Å²) in [4.78, 5) is 23.5. The van der Waals surface area contributed by atoms with Crippen LogP contribution in [0.4, 0.5) is 47.1 Å². The molecule has 12 N–H and O–H groups in total. The van der Waals surface area contributed by atoms with Crippen molar-refractivity contribution in [2.24, 2.45) is 0 Å². The molecule has 4 aromatic rings. The van der Waals surface area contributed by atoms with E-state index < -0.39 is 159 Å². The van der Waals surface area contributed by atoms with Crippen molar-refractivity contribution >= 4 is 99.7 Å². The maximum atomic E-state index is 12.7. The van der Waals surface area contributed by atoms with Gasteiger partial charge in [0.15, 0.2) is 23.3 Å². The van der Waals surface area contributed by atoms with E-state index in [9.17, 15) is 92.7 Å². The SMILES string of the molecule is O=S(=O)([O-])CCNc1nc(Nc2ccc(C=Cc3ccc(Nc4nc(NCCS(=O)(=O)[O-])nc([N+]5(CCO)CC5C(O)(CO)CO)n4)cc3S(=O)(=O)[O-])c(S(=O)(=O)[O-])c2)nc([N+]2(CCO)CC2C(O)(CO)CO)n1.[Na+].[Na+].[Na+].[Na+]. The summed E-state index contributed by atoms with van der Waals surface area (Å²) in [6.45, 7) is -6.17. The Kier molecular flexibility index (Phi) is 27.0. The molecule has 2 fully saturated rings. The second-order valence-electron chi connectivity index (χ2n) is 17.1. The maximum Gasteiger partial charge on any atom is 1.00 e. The Morgan fingerprint density at radius 3 is 1.13 bits per heavy atom. The second kappa shape index (κ2) is 29.0. The average molecular weight is 1220 g/mol. The van der Waals surface area contributed by atoms with Crippen molar-refractivity contribution in [3.05, 3.63) is 47.5 Å². The van der Waals surface area contributed by atoms with E-state index in [0.717, 1.165) is 36.4 Å². The third kappa shape index (κ3) is 18.1. The van der Waals surface area contributed by atoms with Gasteiger partial charge in [0, 0.05) is 24.5 Å². The van der Waals surface area contributed by atoms with Gasteiger partial charge in [0.2, 0.25) is 23.8 Å². The van der Waals surface area contributed by atoms with Crippen LogP contribution >= 0.6 is 0 Å². The van der Waals surface area contributed by atoms with Crippen molar-refractivity contribution in [2.45, 2.75) is 33.1 Å². The summed E-state index contributed by atoms with van der Waals surface area (Å²) in [5.41, 5.74) is -5.21. The largest absolute Gasteiger partial charge is 1.00 e. The van der Waals surface area contributed by atoms with E-state index in [1.165, 1.54) is 12.1 Å². The molecule has 2 saturated heterocycles. The fourth-order valence-corrected chi connectivity index (χ4v) is 10.2. The van der Waals surface area contributed by atoms with Gasteiger partial charge in [0.05, 0.1) is 81.2 Å². The van der Waals surface area contributed by atoms with Crippen molar-refractivity contribution in [3.63, 3.8) is 0 Å². The molecule has 4 unspecified atom stereocenters. The third-order valence-corrected chi connectivity index (χ3v) is 15.3. The predicted molar refractivity (Wildman–Crippen MR) is 253 cm³/mol. The number of nitrogens with one attached hydrogen (secondary N) is 4. The van der Waals surface area contributed by atoms with Gasteiger partial charge in [-0.2, -0.15) is 9.97 Å². The van der Waals surface area contributed by atoms with Crippen molar-refractivity contribution in [1.29, 1.82) is 0 Å². The molecule has 0 aliphatic carbocycles. The molecular weight excluding hydrogens is 1160 g/mol. The summed E-state index contributed by atoms with van der Waals surface area (Å²) in [7, 11) is -20.2. The Morgan fingerprint density at radius 1 is 0.526 bits per heavy atom. The van der Waals surface area contributed by atoms with Crippen LogP contribution in [-0.2, 0) is 40.5 Å². The molecule has 2 aromatic carbocycles. The minimum Gasteiger partial charge on any atom is -0.748 e. The zero-order valence-corrected chi connectivity index (χ0v) is 53.6. The van der Waals surface area contributed by atoms with Crippen molar-refractivity contribution in [2.75, 3.05) is 112 Å². The van der Waals surface area contributed by atoms with E-state index in [4.69, 9.17) is 0 Å². The van der Waals surface area contributed by atoms with Crippen LogP contribution in [0.5, 0.6) is 0 Å². The minimum atomic E-state index is -5.38. The monoisotopic (exact) mass is 1210 g/mol. The molecule has 0 bridgehead atoms. The van der Waals surface area contributed by atoms with Crippen LogP contribution in [0.2, 0.25) is 0 Å². The van der Waals surface area contributed by atoms with Gasteiger partial charge < -0.3 is 80.3 Å². The molecule has 78 heavy (non-hydrogen) atoms. The number of aromatic nitrogens is 6. The van der Waals surface area contributed by atoms with Gasteiger partial charge in [-0.3, -0.25) is 0 Å². The predicted octanol–water partition coefficient (Wildman–Crippen LogP) is -17.8. The summed E-state index contributed by atoms with van der Waals surface area (Å²) < 4.78 is 143. The number of nitrogens with zero attached hydrogens (tertiary/aromatic N) is 8. The van der Waals surface area contributed by atoms with Gasteiger partial charge in [-0.25, -0.2) is 42.6 Å². The Balaban J connectivity index is 0.00000520. The van der Waals surface area contributed by atoms with Crippen molar-refractivity contribution in [3.8, 4) is 0 Å². The van der Waals surface area contributed by atoms with Crippen molar-refractivity contribution in [1.82, 2.24) is 38.9 Å². The standard InChI is InChI=1S/C38H52N12O20S4.4Na/c51-11-9-49(17-29(49)37(57,19-53)20-54)35-45-31(39-7-13-71(59,60)61)43-33(47-35)41-25-5-3-23(27(15-25)73(65,66)67)1-2-24-4-6-26(16-28(24)74(68,69)70)42-34-44-32(40-8-14-72(62,63)64)46-36(48-34)50(10-12-52)18-30(50)38(58,21-55)22-56;;;;/h1-6,15-16,29-30,51-58H,7-14,17-22H2,(H6-2,39,40,41,42,43,44,45,46,47,48,59,60,61,62,63,64,65,66,67,68,69,70);;;;/q;4*+1/p-2. The van der Waals surface area contributed by atoms with Crippen LogP contribution in [0.1, 0.15) is 11.1 Å². The van der Waals surface area contributed by atoms with E-state index in [0.29, 0.717) is 0 Å². The van der Waals surface area contributed by atoms with E-state index in [2.05, 4.69) is 51.2 Å². The summed E-state index contributed by atoms with van der Waals surface area (Å²) in [5, 5.41) is 91.5. The number of benzene rings is 2. The second-order valence-corrected chi connectivity index (χ2v) is 22.9. The van der Waals surface area contributed by atoms with E-state index in [-0.39, 0.29) is 191 Å². The fraction of sp³-hybridized carbons (Fsp3) is 0.474. The molecule has 2 aromatic heterocycles. The average Bonchev–Trinajstić information content (AvgIpc) is 4.25. The van der Waals surface area contributed by atoms with E-state index in [1.807, 2.05) is 0 Å². The Bertz CT molecular complexity index is 3020. The molecule has 0 saturated carbocycles. The molecule has 0 radical (unpaired) electrons. The molecule has 40 heteroatoms. The first-order chi connectivity index (χ1) is 34.5. The van der Waals surface area contributed by atoms with E-state index in [1.54, 1.807) is 0 Å². The molecule has 0 spiro atoms. The van der Waals surface area contributed by atoms with Crippen LogP contribution in [0.3, 0.4) is 0 Å². The molecule has 6 rings (SSSR count). The van der Waals surface area contributed by atoms with E-state index >= 15 is 0 Å². The van der Waals surface area contributed by atoms with Crippen LogP contribution in [0, 0.1) is 0 Å². The number of rotatable bonds is 28. The van der Waals surface area contributed by atoms with Crippen LogP contribution < -0.4 is 148 Å². The first kappa shape index (κ1) is 72.7. The Hall–Kier alpha value is -1.36. The number of hydrogen-bond donors (Lipinski definition) is 12. The number of quaternary nitrogens is 2. The van der Waals surface area contributed by atoms with Crippen LogP contribution in [-0.4, -0.2) is 236 Å². The minimum absolute atomic E-state index is 0. The van der Waals surface area contributed by atoms with Gasteiger partial charge in [0.25, 0.3) is 0 Å². The molecule has 4 heterocycles. The summed E-state index contributed by atoms with van der Waals surface area (Å²) in [6, 6.07) is 4.32. The van der Waals surface area contributed by atoms with Crippen LogP contribution in [0.15, 0.2) is 46.2 Å². The molecule has 4 atom stereocenters. The molecule has 0 amide bonds. The summed E-state index contributed by atoms with van der Waals surface area (Å²) in [5.74, 6) is -3.78. The molecule has 32 nitrogen and oxygen atoms in total. The third-order valence-electron chi connectivity index (χ3n) is 12.1. The van der Waals surface area contributed by atoms with Gasteiger partial charge in [-0.05, 0) is 35.4 Å². The molecule has 408 valence electrons. The molecule has 2 aliphatic heterocycles. The Morgan fingerprint density at radius 2 is 0.846 bits per heavy atom. The smallest absolute Gasteiger partial charge is 0.748 e.